The summed E-state index contributed by atoms with van der Waals surface area (Å²) in [6.45, 7) is 3.21. The Hall–Kier alpha value is -1.71. The van der Waals surface area contributed by atoms with Crippen molar-refractivity contribution < 1.29 is 13.2 Å². The maximum atomic E-state index is 12.6. The standard InChI is InChI=1S/C15H22N4O3S2/c1-11-7-9-19(10-8-11)24(21,22)13-5-3-12(4-6-13)14(20)17-18-15(23)16-2/h3-6,11H,7-10H2,1-2H3,(H,17,20)(H2,16,18,23). The molecule has 1 aromatic carbocycles. The lowest BCUT2D eigenvalue weighted by Crippen LogP contribution is -2.45. The molecule has 1 saturated heterocycles. The Morgan fingerprint density at radius 2 is 1.75 bits per heavy atom. The molecule has 9 heteroatoms. The van der Waals surface area contributed by atoms with Crippen molar-refractivity contribution in [3.63, 3.8) is 0 Å². The smallest absolute Gasteiger partial charge is 0.269 e. The number of nitrogens with one attached hydrogen (secondary N) is 3. The number of amides is 1. The first-order valence-corrected chi connectivity index (χ1v) is 9.57. The summed E-state index contributed by atoms with van der Waals surface area (Å²) in [6.07, 6.45) is 1.74. The monoisotopic (exact) mass is 370 g/mol. The largest absolute Gasteiger partial charge is 0.364 e. The molecule has 3 N–H and O–H groups in total. The number of thiocarbonyl (C=S) groups is 1. The summed E-state index contributed by atoms with van der Waals surface area (Å²) in [5, 5.41) is 2.94. The second-order valence-electron chi connectivity index (χ2n) is 5.77. The van der Waals surface area contributed by atoms with Gasteiger partial charge in [-0.25, -0.2) is 8.42 Å². The first kappa shape index (κ1) is 18.6. The normalized spacial score (nSPS) is 16.4. The minimum Gasteiger partial charge on any atom is -0.364 e. The first-order valence-electron chi connectivity index (χ1n) is 7.73. The molecule has 1 fully saturated rings. The average molecular weight is 371 g/mol. The summed E-state index contributed by atoms with van der Waals surface area (Å²) >= 11 is 4.85. The molecule has 0 aromatic heterocycles. The van der Waals surface area contributed by atoms with E-state index in [9.17, 15) is 13.2 Å². The molecule has 1 aliphatic heterocycles. The van der Waals surface area contributed by atoms with Crippen LogP contribution in [0.3, 0.4) is 0 Å². The SMILES string of the molecule is CNC(=S)NNC(=O)c1ccc(S(=O)(=O)N2CCC(C)CC2)cc1. The van der Waals surface area contributed by atoms with Crippen LogP contribution in [0.25, 0.3) is 0 Å². The highest BCUT2D eigenvalue weighted by Gasteiger charge is 2.28. The van der Waals surface area contributed by atoms with Crippen molar-refractivity contribution in [2.45, 2.75) is 24.7 Å². The van der Waals surface area contributed by atoms with Gasteiger partial charge in [0.1, 0.15) is 0 Å². The molecule has 0 unspecified atom stereocenters. The van der Waals surface area contributed by atoms with E-state index in [1.54, 1.807) is 7.05 Å². The fraction of sp³-hybridized carbons (Fsp3) is 0.467. The minimum atomic E-state index is -3.50. The molecular formula is C15H22N4O3S2. The summed E-state index contributed by atoms with van der Waals surface area (Å²) in [6, 6.07) is 5.88. The molecule has 0 spiro atoms. The molecule has 0 bridgehead atoms. The second kappa shape index (κ2) is 7.91. The highest BCUT2D eigenvalue weighted by atomic mass is 32.2. The maximum Gasteiger partial charge on any atom is 0.269 e. The number of carbonyl (C=O) groups excluding carboxylic acids is 1. The van der Waals surface area contributed by atoms with Gasteiger partial charge in [0.15, 0.2) is 5.11 Å². The van der Waals surface area contributed by atoms with Crippen LogP contribution in [0.2, 0.25) is 0 Å². The van der Waals surface area contributed by atoms with Gasteiger partial charge in [-0.05, 0) is 55.2 Å². The van der Waals surface area contributed by atoms with Crippen LogP contribution in [0.1, 0.15) is 30.1 Å². The van der Waals surface area contributed by atoms with Crippen LogP contribution >= 0.6 is 12.2 Å². The van der Waals surface area contributed by atoms with Crippen molar-refractivity contribution in [3.05, 3.63) is 29.8 Å². The molecule has 0 saturated carbocycles. The highest BCUT2D eigenvalue weighted by molar-refractivity contribution is 7.89. The van der Waals surface area contributed by atoms with Gasteiger partial charge in [-0.15, -0.1) is 0 Å². The quantitative estimate of drug-likeness (QED) is 0.540. The van der Waals surface area contributed by atoms with Crippen LogP contribution < -0.4 is 16.2 Å². The molecule has 1 heterocycles. The molecule has 24 heavy (non-hydrogen) atoms. The van der Waals surface area contributed by atoms with Crippen LogP contribution in [0.4, 0.5) is 0 Å². The molecule has 1 aromatic rings. The Kier molecular flexibility index (Phi) is 6.14. The average Bonchev–Trinajstić information content (AvgIpc) is 2.59. The van der Waals surface area contributed by atoms with Crippen molar-refractivity contribution in [1.29, 1.82) is 0 Å². The lowest BCUT2D eigenvalue weighted by Gasteiger charge is -2.29. The van der Waals surface area contributed by atoms with Crippen molar-refractivity contribution >= 4 is 33.3 Å². The number of hydrogen-bond donors (Lipinski definition) is 3. The van der Waals surface area contributed by atoms with Gasteiger partial charge in [-0.1, -0.05) is 6.92 Å². The van der Waals surface area contributed by atoms with E-state index in [1.807, 2.05) is 0 Å². The summed E-state index contributed by atoms with van der Waals surface area (Å²) in [5.74, 6) is 0.155. The van der Waals surface area contributed by atoms with Gasteiger partial charge in [0.25, 0.3) is 5.91 Å². The van der Waals surface area contributed by atoms with E-state index in [0.29, 0.717) is 24.6 Å². The number of benzene rings is 1. The fourth-order valence-corrected chi connectivity index (χ4v) is 3.92. The van der Waals surface area contributed by atoms with Gasteiger partial charge in [0.05, 0.1) is 4.90 Å². The van der Waals surface area contributed by atoms with Gasteiger partial charge < -0.3 is 5.32 Å². The summed E-state index contributed by atoms with van der Waals surface area (Å²) in [4.78, 5) is 12.1. The van der Waals surface area contributed by atoms with Gasteiger partial charge in [-0.3, -0.25) is 15.6 Å². The van der Waals surface area contributed by atoms with E-state index < -0.39 is 15.9 Å². The van der Waals surface area contributed by atoms with Gasteiger partial charge >= 0.3 is 0 Å². The van der Waals surface area contributed by atoms with E-state index >= 15 is 0 Å². The van der Waals surface area contributed by atoms with E-state index in [4.69, 9.17) is 12.2 Å². The lowest BCUT2D eigenvalue weighted by molar-refractivity contribution is 0.0943. The molecule has 0 aliphatic carbocycles. The van der Waals surface area contributed by atoms with E-state index in [0.717, 1.165) is 12.8 Å². The van der Waals surface area contributed by atoms with Crippen LogP contribution in [-0.4, -0.2) is 43.9 Å². The van der Waals surface area contributed by atoms with E-state index in [-0.39, 0.29) is 10.0 Å². The number of rotatable bonds is 3. The Morgan fingerprint density at radius 1 is 1.17 bits per heavy atom. The predicted molar refractivity (Wildman–Crippen MR) is 95.9 cm³/mol. The van der Waals surface area contributed by atoms with E-state index in [1.165, 1.54) is 28.6 Å². The van der Waals surface area contributed by atoms with Crippen molar-refractivity contribution in [1.82, 2.24) is 20.5 Å². The number of piperidine rings is 1. The third kappa shape index (κ3) is 4.43. The minimum absolute atomic E-state index is 0.201. The van der Waals surface area contributed by atoms with Crippen LogP contribution in [0.5, 0.6) is 0 Å². The van der Waals surface area contributed by atoms with Crippen molar-refractivity contribution in [2.24, 2.45) is 5.92 Å². The first-order chi connectivity index (χ1) is 11.3. The molecule has 7 nitrogen and oxygen atoms in total. The summed E-state index contributed by atoms with van der Waals surface area (Å²) in [7, 11) is -1.87. The van der Waals surface area contributed by atoms with Crippen LogP contribution in [0.15, 0.2) is 29.2 Å². The molecule has 1 aliphatic rings. The van der Waals surface area contributed by atoms with Crippen LogP contribution in [0, 0.1) is 5.92 Å². The van der Waals surface area contributed by atoms with Crippen molar-refractivity contribution in [3.8, 4) is 0 Å². The maximum absolute atomic E-state index is 12.6. The van der Waals surface area contributed by atoms with E-state index in [2.05, 4.69) is 23.1 Å². The molecule has 0 atom stereocenters. The zero-order chi connectivity index (χ0) is 17.7. The number of sulfonamides is 1. The lowest BCUT2D eigenvalue weighted by atomic mass is 10.0. The second-order valence-corrected chi connectivity index (χ2v) is 8.12. The topological polar surface area (TPSA) is 90.5 Å². The predicted octanol–water partition coefficient (Wildman–Crippen LogP) is 0.846. The summed E-state index contributed by atoms with van der Waals surface area (Å²) in [5.41, 5.74) is 5.29. The molecular weight excluding hydrogens is 348 g/mol. The van der Waals surface area contributed by atoms with Gasteiger partial charge in [0, 0.05) is 25.7 Å². The number of nitrogens with zero attached hydrogens (tertiary/aromatic N) is 1. The zero-order valence-electron chi connectivity index (χ0n) is 13.7. The molecule has 1 amide bonds. The Morgan fingerprint density at radius 3 is 2.29 bits per heavy atom. The molecule has 132 valence electrons. The molecule has 0 radical (unpaired) electrons. The Bertz CT molecular complexity index is 696. The highest BCUT2D eigenvalue weighted by Crippen LogP contribution is 2.23. The van der Waals surface area contributed by atoms with Gasteiger partial charge in [0.2, 0.25) is 10.0 Å². The Balaban J connectivity index is 2.05. The van der Waals surface area contributed by atoms with Crippen LogP contribution in [-0.2, 0) is 10.0 Å². The van der Waals surface area contributed by atoms with Gasteiger partial charge in [-0.2, -0.15) is 4.31 Å². The number of hydrazine groups is 1. The third-order valence-electron chi connectivity index (χ3n) is 4.01. The number of carbonyl (C=O) groups is 1. The fourth-order valence-electron chi connectivity index (χ4n) is 2.40. The van der Waals surface area contributed by atoms with Crippen molar-refractivity contribution in [2.75, 3.05) is 20.1 Å². The Labute approximate surface area is 147 Å². The number of hydrogen-bond acceptors (Lipinski definition) is 4. The summed E-state index contributed by atoms with van der Waals surface area (Å²) < 4.78 is 26.7. The zero-order valence-corrected chi connectivity index (χ0v) is 15.3. The third-order valence-corrected chi connectivity index (χ3v) is 6.23. The molecule has 2 rings (SSSR count).